The molecule has 2 aromatic rings. The third-order valence-corrected chi connectivity index (χ3v) is 6.39. The number of carboxylic acids is 1. The molecule has 1 fully saturated rings. The molecule has 2 aliphatic carbocycles. The van der Waals surface area contributed by atoms with Gasteiger partial charge in [-0.25, -0.2) is 4.79 Å². The highest BCUT2D eigenvalue weighted by Gasteiger charge is 2.43. The molecule has 2 aromatic carbocycles. The van der Waals surface area contributed by atoms with Crippen molar-refractivity contribution in [2.45, 2.75) is 38.1 Å². The number of hydrogen-bond donors (Lipinski definition) is 3. The minimum absolute atomic E-state index is 0.00613. The SMILES string of the molecule is CC[C@@H](CC(=O)NC[C@H]1C[C@H]1C(=O)O)NC(=O)OCC1c2ccccc2-c2ccccc21. The lowest BCUT2D eigenvalue weighted by Gasteiger charge is -2.19. The molecule has 0 bridgehead atoms. The van der Waals surface area contributed by atoms with Gasteiger partial charge in [-0.15, -0.1) is 0 Å². The molecule has 0 heterocycles. The molecule has 0 radical (unpaired) electrons. The molecule has 2 aliphatic rings. The molecule has 0 aromatic heterocycles. The monoisotopic (exact) mass is 436 g/mol. The Labute approximate surface area is 187 Å². The van der Waals surface area contributed by atoms with Crippen molar-refractivity contribution in [1.82, 2.24) is 10.6 Å². The van der Waals surface area contributed by atoms with Crippen LogP contribution in [0.15, 0.2) is 48.5 Å². The van der Waals surface area contributed by atoms with Gasteiger partial charge < -0.3 is 20.5 Å². The summed E-state index contributed by atoms with van der Waals surface area (Å²) >= 11 is 0. The van der Waals surface area contributed by atoms with E-state index in [0.29, 0.717) is 19.4 Å². The van der Waals surface area contributed by atoms with Crippen LogP contribution in [0, 0.1) is 11.8 Å². The van der Waals surface area contributed by atoms with E-state index in [0.717, 1.165) is 11.1 Å². The van der Waals surface area contributed by atoms with Crippen molar-refractivity contribution in [2.24, 2.45) is 11.8 Å². The number of amides is 2. The maximum Gasteiger partial charge on any atom is 0.407 e. The van der Waals surface area contributed by atoms with Gasteiger partial charge in [-0.3, -0.25) is 9.59 Å². The van der Waals surface area contributed by atoms with Crippen LogP contribution in [0.1, 0.15) is 43.2 Å². The molecule has 7 nitrogen and oxygen atoms in total. The van der Waals surface area contributed by atoms with Crippen LogP contribution >= 0.6 is 0 Å². The standard InChI is InChI=1S/C25H28N2O5/c1-2-16(12-23(28)26-13-15-11-21(15)24(29)30)27-25(31)32-14-22-19-9-5-3-7-17(19)18-8-4-6-10-20(18)22/h3-10,15-16,21-22H,2,11-14H2,1H3,(H,26,28)(H,27,31)(H,29,30)/t15-,16+,21-/m1/s1. The highest BCUT2D eigenvalue weighted by Crippen LogP contribution is 2.44. The first-order chi connectivity index (χ1) is 15.5. The Morgan fingerprint density at radius 3 is 2.25 bits per heavy atom. The van der Waals surface area contributed by atoms with Crippen LogP contribution in [0.3, 0.4) is 0 Å². The second-order valence-corrected chi connectivity index (χ2v) is 8.52. The summed E-state index contributed by atoms with van der Waals surface area (Å²) in [5, 5.41) is 14.5. The lowest BCUT2D eigenvalue weighted by molar-refractivity contribution is -0.139. The predicted molar refractivity (Wildman–Crippen MR) is 119 cm³/mol. The van der Waals surface area contributed by atoms with Crippen LogP contribution < -0.4 is 10.6 Å². The number of carbonyl (C=O) groups is 3. The first-order valence-electron chi connectivity index (χ1n) is 11.1. The highest BCUT2D eigenvalue weighted by atomic mass is 16.5. The number of carboxylic acid groups (broad SMARTS) is 1. The van der Waals surface area contributed by atoms with Crippen LogP contribution in [0.25, 0.3) is 11.1 Å². The molecule has 0 spiro atoms. The summed E-state index contributed by atoms with van der Waals surface area (Å²) < 4.78 is 5.56. The average molecular weight is 437 g/mol. The van der Waals surface area contributed by atoms with Crippen LogP contribution in [-0.4, -0.2) is 42.3 Å². The first-order valence-corrected chi connectivity index (χ1v) is 11.1. The summed E-state index contributed by atoms with van der Waals surface area (Å²) in [7, 11) is 0. The molecule has 168 valence electrons. The Hall–Kier alpha value is -3.35. The maximum absolute atomic E-state index is 12.4. The van der Waals surface area contributed by atoms with Crippen LogP contribution in [-0.2, 0) is 14.3 Å². The van der Waals surface area contributed by atoms with Gasteiger partial charge in [0.25, 0.3) is 0 Å². The number of nitrogens with one attached hydrogen (secondary N) is 2. The maximum atomic E-state index is 12.4. The van der Waals surface area contributed by atoms with Gasteiger partial charge in [0.15, 0.2) is 0 Å². The fraction of sp³-hybridized carbons (Fsp3) is 0.400. The fourth-order valence-electron chi connectivity index (χ4n) is 4.42. The van der Waals surface area contributed by atoms with E-state index in [1.54, 1.807) is 0 Å². The lowest BCUT2D eigenvalue weighted by Crippen LogP contribution is -2.40. The van der Waals surface area contributed by atoms with Crippen LogP contribution in [0.5, 0.6) is 0 Å². The van der Waals surface area contributed by atoms with Gasteiger partial charge in [-0.2, -0.15) is 0 Å². The third kappa shape index (κ3) is 4.77. The molecule has 4 rings (SSSR count). The molecule has 0 saturated heterocycles. The number of rotatable bonds is 9. The summed E-state index contributed by atoms with van der Waals surface area (Å²) in [6.45, 7) is 2.47. The Morgan fingerprint density at radius 1 is 1.06 bits per heavy atom. The average Bonchev–Trinajstić information content (AvgIpc) is 3.51. The predicted octanol–water partition coefficient (Wildman–Crippen LogP) is 3.53. The molecule has 32 heavy (non-hydrogen) atoms. The Kier molecular flexibility index (Phi) is 6.44. The molecular weight excluding hydrogens is 408 g/mol. The number of ether oxygens (including phenoxy) is 1. The van der Waals surface area contributed by atoms with Crippen molar-refractivity contribution in [3.8, 4) is 11.1 Å². The molecule has 3 atom stereocenters. The molecular formula is C25H28N2O5. The number of benzene rings is 2. The second kappa shape index (κ2) is 9.42. The molecule has 7 heteroatoms. The van der Waals surface area contributed by atoms with Gasteiger partial charge in [-0.05, 0) is 41.0 Å². The fourth-order valence-corrected chi connectivity index (χ4v) is 4.42. The quantitative estimate of drug-likeness (QED) is 0.558. The van der Waals surface area contributed by atoms with Gasteiger partial charge in [0, 0.05) is 24.9 Å². The summed E-state index contributed by atoms with van der Waals surface area (Å²) in [4.78, 5) is 35.5. The second-order valence-electron chi connectivity index (χ2n) is 8.52. The van der Waals surface area contributed by atoms with Gasteiger partial charge in [0.2, 0.25) is 5.91 Å². The number of aliphatic carboxylic acids is 1. The van der Waals surface area contributed by atoms with Crippen LogP contribution in [0.2, 0.25) is 0 Å². The summed E-state index contributed by atoms with van der Waals surface area (Å²) in [5.41, 5.74) is 4.63. The van der Waals surface area contributed by atoms with E-state index in [-0.39, 0.29) is 42.7 Å². The minimum atomic E-state index is -0.812. The molecule has 0 unspecified atom stereocenters. The molecule has 3 N–H and O–H groups in total. The normalized spacial score (nSPS) is 19.4. The van der Waals surface area contributed by atoms with Gasteiger partial charge >= 0.3 is 12.1 Å². The zero-order valence-electron chi connectivity index (χ0n) is 18.0. The van der Waals surface area contributed by atoms with Crippen molar-refractivity contribution >= 4 is 18.0 Å². The topological polar surface area (TPSA) is 105 Å². The van der Waals surface area contributed by atoms with Crippen molar-refractivity contribution in [1.29, 1.82) is 0 Å². The molecule has 1 saturated carbocycles. The summed E-state index contributed by atoms with van der Waals surface area (Å²) in [6, 6.07) is 15.9. The number of fused-ring (bicyclic) bond motifs is 3. The van der Waals surface area contributed by atoms with Gasteiger partial charge in [0.05, 0.1) is 5.92 Å². The van der Waals surface area contributed by atoms with E-state index in [1.165, 1.54) is 11.1 Å². The largest absolute Gasteiger partial charge is 0.481 e. The van der Waals surface area contributed by atoms with Crippen LogP contribution in [0.4, 0.5) is 4.79 Å². The van der Waals surface area contributed by atoms with Gasteiger partial charge in [0.1, 0.15) is 6.61 Å². The number of carbonyl (C=O) groups excluding carboxylic acids is 2. The van der Waals surface area contributed by atoms with E-state index in [9.17, 15) is 14.4 Å². The number of alkyl carbamates (subject to hydrolysis) is 1. The van der Waals surface area contributed by atoms with E-state index < -0.39 is 12.1 Å². The highest BCUT2D eigenvalue weighted by molar-refractivity contribution is 5.80. The summed E-state index contributed by atoms with van der Waals surface area (Å²) in [6.07, 6.45) is 0.772. The molecule has 2 amide bonds. The Bertz CT molecular complexity index is 975. The van der Waals surface area contributed by atoms with Crippen molar-refractivity contribution in [3.05, 3.63) is 59.7 Å². The lowest BCUT2D eigenvalue weighted by atomic mass is 9.98. The Morgan fingerprint density at radius 2 is 1.69 bits per heavy atom. The Balaban J connectivity index is 1.27. The van der Waals surface area contributed by atoms with E-state index in [4.69, 9.17) is 9.84 Å². The van der Waals surface area contributed by atoms with Crippen molar-refractivity contribution in [2.75, 3.05) is 13.2 Å². The minimum Gasteiger partial charge on any atom is -0.481 e. The van der Waals surface area contributed by atoms with Gasteiger partial charge in [-0.1, -0.05) is 55.5 Å². The zero-order valence-corrected chi connectivity index (χ0v) is 18.0. The number of hydrogen-bond acceptors (Lipinski definition) is 4. The van der Waals surface area contributed by atoms with E-state index in [2.05, 4.69) is 34.9 Å². The van der Waals surface area contributed by atoms with E-state index >= 15 is 0 Å². The smallest absolute Gasteiger partial charge is 0.407 e. The van der Waals surface area contributed by atoms with Crippen molar-refractivity contribution < 1.29 is 24.2 Å². The molecule has 0 aliphatic heterocycles. The van der Waals surface area contributed by atoms with E-state index in [1.807, 2.05) is 31.2 Å². The zero-order chi connectivity index (χ0) is 22.7. The first kappa shape index (κ1) is 21.9. The van der Waals surface area contributed by atoms with Crippen molar-refractivity contribution in [3.63, 3.8) is 0 Å². The third-order valence-electron chi connectivity index (χ3n) is 6.39. The summed E-state index contributed by atoms with van der Waals surface area (Å²) in [5.74, 6) is -1.38.